The summed E-state index contributed by atoms with van der Waals surface area (Å²) in [5.74, 6) is -0.899. The molecule has 2 atom stereocenters. The van der Waals surface area contributed by atoms with Gasteiger partial charge >= 0.3 is 12.0 Å². The molecule has 6 nitrogen and oxygen atoms in total. The van der Waals surface area contributed by atoms with E-state index in [4.69, 9.17) is 9.84 Å². The van der Waals surface area contributed by atoms with Crippen molar-refractivity contribution in [2.24, 2.45) is 5.41 Å². The molecule has 1 heterocycles. The van der Waals surface area contributed by atoms with E-state index in [1.807, 2.05) is 20.8 Å². The Labute approximate surface area is 126 Å². The van der Waals surface area contributed by atoms with Crippen molar-refractivity contribution in [2.45, 2.75) is 65.0 Å². The zero-order valence-electron chi connectivity index (χ0n) is 13.3. The molecule has 0 aromatic carbocycles. The third kappa shape index (κ3) is 8.55. The fraction of sp³-hybridized carbons (Fsp3) is 0.867. The SMILES string of the molecule is CC(C)(C)CC(CC(=O)O)NC(=O)NCCC1CCCO1. The van der Waals surface area contributed by atoms with Crippen LogP contribution in [-0.4, -0.2) is 42.4 Å². The van der Waals surface area contributed by atoms with Gasteiger partial charge in [0.15, 0.2) is 0 Å². The first-order chi connectivity index (χ1) is 9.76. The number of hydrogen-bond acceptors (Lipinski definition) is 3. The lowest BCUT2D eigenvalue weighted by atomic mass is 9.87. The molecule has 1 aliphatic rings. The highest BCUT2D eigenvalue weighted by molar-refractivity contribution is 5.75. The second-order valence-electron chi connectivity index (χ2n) is 6.88. The largest absolute Gasteiger partial charge is 0.481 e. The van der Waals surface area contributed by atoms with Crippen LogP contribution in [0.5, 0.6) is 0 Å². The maximum atomic E-state index is 11.8. The van der Waals surface area contributed by atoms with Crippen molar-refractivity contribution < 1.29 is 19.4 Å². The Morgan fingerprint density at radius 2 is 2.10 bits per heavy atom. The average Bonchev–Trinajstić information content (AvgIpc) is 2.78. The smallest absolute Gasteiger partial charge is 0.315 e. The van der Waals surface area contributed by atoms with Crippen LogP contribution in [0.1, 0.15) is 52.9 Å². The number of ether oxygens (including phenoxy) is 1. The molecule has 1 aliphatic heterocycles. The summed E-state index contributed by atoms with van der Waals surface area (Å²) in [5.41, 5.74) is -0.0366. The van der Waals surface area contributed by atoms with Crippen LogP contribution >= 0.6 is 0 Å². The van der Waals surface area contributed by atoms with Crippen LogP contribution in [0.3, 0.4) is 0 Å². The van der Waals surface area contributed by atoms with Crippen LogP contribution in [0, 0.1) is 5.41 Å². The Hall–Kier alpha value is -1.30. The minimum Gasteiger partial charge on any atom is -0.481 e. The molecule has 0 aromatic heterocycles. The molecule has 1 saturated heterocycles. The van der Waals surface area contributed by atoms with Crippen molar-refractivity contribution in [2.75, 3.05) is 13.2 Å². The molecule has 0 radical (unpaired) electrons. The molecule has 1 fully saturated rings. The number of carbonyl (C=O) groups is 2. The van der Waals surface area contributed by atoms with Crippen molar-refractivity contribution in [3.05, 3.63) is 0 Å². The summed E-state index contributed by atoms with van der Waals surface area (Å²) in [4.78, 5) is 22.7. The first kappa shape index (κ1) is 17.8. The van der Waals surface area contributed by atoms with Gasteiger partial charge in [-0.15, -0.1) is 0 Å². The molecule has 0 bridgehead atoms. The van der Waals surface area contributed by atoms with Gasteiger partial charge in [-0.25, -0.2) is 4.79 Å². The predicted molar refractivity (Wildman–Crippen MR) is 80.2 cm³/mol. The van der Waals surface area contributed by atoms with Gasteiger partial charge in [-0.2, -0.15) is 0 Å². The minimum atomic E-state index is -0.899. The van der Waals surface area contributed by atoms with E-state index < -0.39 is 5.97 Å². The normalized spacial score (nSPS) is 20.0. The van der Waals surface area contributed by atoms with Gasteiger partial charge in [-0.1, -0.05) is 20.8 Å². The maximum absolute atomic E-state index is 11.8. The molecule has 2 amide bonds. The highest BCUT2D eigenvalue weighted by atomic mass is 16.5. The number of carbonyl (C=O) groups excluding carboxylic acids is 1. The van der Waals surface area contributed by atoms with Crippen LogP contribution in [0.2, 0.25) is 0 Å². The first-order valence-corrected chi connectivity index (χ1v) is 7.64. The number of carboxylic acids is 1. The molecule has 122 valence electrons. The molecule has 2 unspecified atom stereocenters. The number of carboxylic acid groups (broad SMARTS) is 1. The van der Waals surface area contributed by atoms with E-state index in [0.717, 1.165) is 25.9 Å². The van der Waals surface area contributed by atoms with Crippen molar-refractivity contribution in [3.8, 4) is 0 Å². The Kier molecular flexibility index (Phi) is 6.95. The summed E-state index contributed by atoms with van der Waals surface area (Å²) in [7, 11) is 0. The summed E-state index contributed by atoms with van der Waals surface area (Å²) in [5, 5.41) is 14.5. The second kappa shape index (κ2) is 8.22. The van der Waals surface area contributed by atoms with Gasteiger partial charge in [0.25, 0.3) is 0 Å². The van der Waals surface area contributed by atoms with Gasteiger partial charge in [-0.3, -0.25) is 4.79 Å². The summed E-state index contributed by atoms with van der Waals surface area (Å²) in [6, 6.07) is -0.659. The van der Waals surface area contributed by atoms with Crippen molar-refractivity contribution in [1.29, 1.82) is 0 Å². The summed E-state index contributed by atoms with van der Waals surface area (Å²) in [6.45, 7) is 7.44. The molecule has 6 heteroatoms. The number of aliphatic carboxylic acids is 1. The van der Waals surface area contributed by atoms with Gasteiger partial charge in [0.05, 0.1) is 12.5 Å². The summed E-state index contributed by atoms with van der Waals surface area (Å²) in [6.07, 6.45) is 3.75. The van der Waals surface area contributed by atoms with Crippen molar-refractivity contribution >= 4 is 12.0 Å². The van der Waals surface area contributed by atoms with E-state index in [1.165, 1.54) is 0 Å². The quantitative estimate of drug-likeness (QED) is 0.672. The Bertz CT molecular complexity index is 346. The maximum Gasteiger partial charge on any atom is 0.315 e. The number of hydrogen-bond donors (Lipinski definition) is 3. The summed E-state index contributed by atoms with van der Waals surface area (Å²) >= 11 is 0. The standard InChI is InChI=1S/C15H28N2O4/c1-15(2,3)10-11(9-13(18)19)17-14(20)16-7-6-12-5-4-8-21-12/h11-12H,4-10H2,1-3H3,(H,18,19)(H2,16,17,20). The third-order valence-electron chi connectivity index (χ3n) is 3.39. The number of amides is 2. The highest BCUT2D eigenvalue weighted by Gasteiger charge is 2.23. The van der Waals surface area contributed by atoms with Crippen molar-refractivity contribution in [1.82, 2.24) is 10.6 Å². The number of rotatable bonds is 7. The second-order valence-corrected chi connectivity index (χ2v) is 6.88. The van der Waals surface area contributed by atoms with Crippen molar-refractivity contribution in [3.63, 3.8) is 0 Å². The summed E-state index contributed by atoms with van der Waals surface area (Å²) < 4.78 is 5.48. The molecule has 21 heavy (non-hydrogen) atoms. The van der Waals surface area contributed by atoms with Crippen LogP contribution in [0.4, 0.5) is 4.79 Å². The van der Waals surface area contributed by atoms with E-state index in [0.29, 0.717) is 13.0 Å². The minimum absolute atomic E-state index is 0.0366. The van der Waals surface area contributed by atoms with Crippen LogP contribution in [0.15, 0.2) is 0 Å². The van der Waals surface area contributed by atoms with E-state index in [-0.39, 0.29) is 30.0 Å². The van der Waals surface area contributed by atoms with E-state index in [1.54, 1.807) is 0 Å². The van der Waals surface area contributed by atoms with Gasteiger partial charge in [0.1, 0.15) is 0 Å². The number of nitrogens with one attached hydrogen (secondary N) is 2. The van der Waals surface area contributed by atoms with Crippen LogP contribution in [0.25, 0.3) is 0 Å². The molecule has 0 saturated carbocycles. The van der Waals surface area contributed by atoms with Crippen LogP contribution < -0.4 is 10.6 Å². The highest BCUT2D eigenvalue weighted by Crippen LogP contribution is 2.22. The third-order valence-corrected chi connectivity index (χ3v) is 3.39. The van der Waals surface area contributed by atoms with Gasteiger partial charge in [0, 0.05) is 19.2 Å². The molecule has 0 aromatic rings. The first-order valence-electron chi connectivity index (χ1n) is 7.64. The topological polar surface area (TPSA) is 87.7 Å². The lowest BCUT2D eigenvalue weighted by Gasteiger charge is -2.26. The van der Waals surface area contributed by atoms with Gasteiger partial charge in [0.2, 0.25) is 0 Å². The molecular weight excluding hydrogens is 272 g/mol. The monoisotopic (exact) mass is 300 g/mol. The zero-order chi connectivity index (χ0) is 15.9. The average molecular weight is 300 g/mol. The molecular formula is C15H28N2O4. The molecule has 0 aliphatic carbocycles. The fourth-order valence-corrected chi connectivity index (χ4v) is 2.58. The van der Waals surface area contributed by atoms with E-state index in [9.17, 15) is 9.59 Å². The Morgan fingerprint density at radius 1 is 1.38 bits per heavy atom. The van der Waals surface area contributed by atoms with E-state index >= 15 is 0 Å². The van der Waals surface area contributed by atoms with Gasteiger partial charge in [-0.05, 0) is 31.1 Å². The Morgan fingerprint density at radius 3 is 2.62 bits per heavy atom. The number of urea groups is 1. The molecule has 3 N–H and O–H groups in total. The lowest BCUT2D eigenvalue weighted by molar-refractivity contribution is -0.137. The van der Waals surface area contributed by atoms with E-state index in [2.05, 4.69) is 10.6 Å². The Balaban J connectivity index is 2.30. The predicted octanol–water partition coefficient (Wildman–Crippen LogP) is 2.13. The molecule has 0 spiro atoms. The molecule has 1 rings (SSSR count). The zero-order valence-corrected chi connectivity index (χ0v) is 13.3. The lowest BCUT2D eigenvalue weighted by Crippen LogP contribution is -2.45. The van der Waals surface area contributed by atoms with Crippen LogP contribution in [-0.2, 0) is 9.53 Å². The fourth-order valence-electron chi connectivity index (χ4n) is 2.58. The van der Waals surface area contributed by atoms with Gasteiger partial charge < -0.3 is 20.5 Å².